The summed E-state index contributed by atoms with van der Waals surface area (Å²) in [7, 11) is 1.91. The lowest BCUT2D eigenvalue weighted by Gasteiger charge is -2.24. The van der Waals surface area contributed by atoms with Crippen LogP contribution >= 0.6 is 12.2 Å². The third-order valence-electron chi connectivity index (χ3n) is 2.40. The van der Waals surface area contributed by atoms with Gasteiger partial charge in [0.25, 0.3) is 0 Å². The Morgan fingerprint density at radius 2 is 1.93 bits per heavy atom. The molecule has 1 atom stereocenters. The molecule has 0 aromatic heterocycles. The molecule has 1 fully saturated rings. The Kier molecular flexibility index (Phi) is 2.17. The number of hydrazine groups is 1. The van der Waals surface area contributed by atoms with Gasteiger partial charge in [-0.2, -0.15) is 0 Å². The van der Waals surface area contributed by atoms with E-state index in [1.807, 2.05) is 30.3 Å². The van der Waals surface area contributed by atoms with Crippen LogP contribution in [0.3, 0.4) is 0 Å². The van der Waals surface area contributed by atoms with Crippen LogP contribution in [0.25, 0.3) is 0 Å². The van der Waals surface area contributed by atoms with Gasteiger partial charge in [-0.3, -0.25) is 5.01 Å². The first-order valence-corrected chi connectivity index (χ1v) is 4.92. The highest BCUT2D eigenvalue weighted by Gasteiger charge is 2.35. The Morgan fingerprint density at radius 3 is 2.43 bits per heavy atom. The van der Waals surface area contributed by atoms with Crippen molar-refractivity contribution in [2.75, 3.05) is 7.05 Å². The monoisotopic (exact) mass is 207 g/mol. The number of rotatable bonds is 1. The molecule has 0 aliphatic carbocycles. The second kappa shape index (κ2) is 3.22. The molecular formula is C10H13N3S. The predicted octanol–water partition coefficient (Wildman–Crippen LogP) is 1.18. The van der Waals surface area contributed by atoms with Crippen LogP contribution in [0.4, 0.5) is 0 Å². The molecule has 3 nitrogen and oxygen atoms in total. The summed E-state index contributed by atoms with van der Waals surface area (Å²) in [6, 6.07) is 10.2. The molecule has 2 rings (SSSR count). The molecule has 1 aliphatic rings. The molecule has 0 saturated carbocycles. The topological polar surface area (TPSA) is 27.3 Å². The van der Waals surface area contributed by atoms with Gasteiger partial charge in [0.1, 0.15) is 5.66 Å². The van der Waals surface area contributed by atoms with Crippen molar-refractivity contribution in [1.82, 2.24) is 15.8 Å². The Morgan fingerprint density at radius 1 is 1.29 bits per heavy atom. The minimum atomic E-state index is -0.285. The molecule has 1 heterocycles. The standard InChI is InChI=1S/C10H13N3S/c1-10(8-6-4-3-5-7-8)11-9(14)13(2)12-10/h3-7,12H,1-2H3,(H,11,14)/t10-/m0/s1. The summed E-state index contributed by atoms with van der Waals surface area (Å²) in [5, 5.41) is 5.78. The van der Waals surface area contributed by atoms with Gasteiger partial charge in [0, 0.05) is 7.05 Å². The Balaban J connectivity index is 2.31. The fourth-order valence-corrected chi connectivity index (χ4v) is 1.87. The van der Waals surface area contributed by atoms with Crippen molar-refractivity contribution in [3.63, 3.8) is 0 Å². The number of hydrogen-bond donors (Lipinski definition) is 2. The van der Waals surface area contributed by atoms with Crippen molar-refractivity contribution >= 4 is 17.3 Å². The highest BCUT2D eigenvalue weighted by atomic mass is 32.1. The zero-order valence-electron chi connectivity index (χ0n) is 8.24. The first kappa shape index (κ1) is 9.43. The average Bonchev–Trinajstić information content (AvgIpc) is 2.44. The zero-order chi connectivity index (χ0) is 10.2. The number of benzene rings is 1. The quantitative estimate of drug-likeness (QED) is 0.676. The second-order valence-corrected chi connectivity index (χ2v) is 3.98. The fraction of sp³-hybridized carbons (Fsp3) is 0.300. The van der Waals surface area contributed by atoms with Crippen molar-refractivity contribution in [2.24, 2.45) is 0 Å². The van der Waals surface area contributed by atoms with E-state index in [2.05, 4.69) is 29.8 Å². The van der Waals surface area contributed by atoms with Gasteiger partial charge in [0.2, 0.25) is 0 Å². The Bertz CT molecular complexity index is 352. The number of nitrogens with one attached hydrogen (secondary N) is 2. The lowest BCUT2D eigenvalue weighted by Crippen LogP contribution is -2.44. The number of nitrogens with zero attached hydrogens (tertiary/aromatic N) is 1. The van der Waals surface area contributed by atoms with Gasteiger partial charge < -0.3 is 5.32 Å². The summed E-state index contributed by atoms with van der Waals surface area (Å²) in [4.78, 5) is 0. The first-order chi connectivity index (χ1) is 6.62. The molecule has 1 saturated heterocycles. The van der Waals surface area contributed by atoms with Gasteiger partial charge in [-0.05, 0) is 24.7 Å². The van der Waals surface area contributed by atoms with E-state index in [1.54, 1.807) is 0 Å². The summed E-state index contributed by atoms with van der Waals surface area (Å²) in [6.07, 6.45) is 0. The largest absolute Gasteiger partial charge is 0.338 e. The number of thiocarbonyl (C=S) groups is 1. The molecule has 0 amide bonds. The SMILES string of the molecule is CN1N[C@@](C)(c2ccccc2)NC1=S. The van der Waals surface area contributed by atoms with Crippen molar-refractivity contribution in [1.29, 1.82) is 0 Å². The highest BCUT2D eigenvalue weighted by molar-refractivity contribution is 7.80. The van der Waals surface area contributed by atoms with Crippen LogP contribution in [0.2, 0.25) is 0 Å². The molecular weight excluding hydrogens is 194 g/mol. The fourth-order valence-electron chi connectivity index (χ4n) is 1.62. The van der Waals surface area contributed by atoms with E-state index in [1.165, 1.54) is 5.56 Å². The van der Waals surface area contributed by atoms with Gasteiger partial charge in [-0.1, -0.05) is 30.3 Å². The molecule has 1 aromatic carbocycles. The Labute approximate surface area is 89.1 Å². The minimum Gasteiger partial charge on any atom is -0.338 e. The van der Waals surface area contributed by atoms with Gasteiger partial charge in [0.15, 0.2) is 5.11 Å². The van der Waals surface area contributed by atoms with Crippen LogP contribution in [0.5, 0.6) is 0 Å². The molecule has 0 bridgehead atoms. The van der Waals surface area contributed by atoms with Gasteiger partial charge in [-0.15, -0.1) is 0 Å². The van der Waals surface area contributed by atoms with E-state index in [9.17, 15) is 0 Å². The smallest absolute Gasteiger partial charge is 0.185 e. The van der Waals surface area contributed by atoms with Crippen molar-refractivity contribution in [3.8, 4) is 0 Å². The number of hydrogen-bond acceptors (Lipinski definition) is 2. The lowest BCUT2D eigenvalue weighted by atomic mass is 10.0. The van der Waals surface area contributed by atoms with Gasteiger partial charge in [0.05, 0.1) is 0 Å². The third kappa shape index (κ3) is 1.47. The maximum absolute atomic E-state index is 5.14. The van der Waals surface area contributed by atoms with Gasteiger partial charge in [-0.25, -0.2) is 5.43 Å². The zero-order valence-corrected chi connectivity index (χ0v) is 9.06. The van der Waals surface area contributed by atoms with Crippen molar-refractivity contribution in [2.45, 2.75) is 12.6 Å². The van der Waals surface area contributed by atoms with Crippen molar-refractivity contribution in [3.05, 3.63) is 35.9 Å². The summed E-state index contributed by atoms with van der Waals surface area (Å²) in [5.74, 6) is 0. The second-order valence-electron chi connectivity index (χ2n) is 3.59. The van der Waals surface area contributed by atoms with Crippen LogP contribution in [-0.2, 0) is 5.66 Å². The van der Waals surface area contributed by atoms with Crippen LogP contribution in [0.15, 0.2) is 30.3 Å². The molecule has 4 heteroatoms. The van der Waals surface area contributed by atoms with Crippen LogP contribution in [0, 0.1) is 0 Å². The van der Waals surface area contributed by atoms with Gasteiger partial charge >= 0.3 is 0 Å². The normalized spacial score (nSPS) is 26.4. The third-order valence-corrected chi connectivity index (χ3v) is 2.78. The molecule has 0 radical (unpaired) electrons. The molecule has 1 aromatic rings. The summed E-state index contributed by atoms with van der Waals surface area (Å²) < 4.78 is 0. The van der Waals surface area contributed by atoms with E-state index < -0.39 is 0 Å². The summed E-state index contributed by atoms with van der Waals surface area (Å²) >= 11 is 5.14. The maximum Gasteiger partial charge on any atom is 0.185 e. The molecule has 1 aliphatic heterocycles. The summed E-state index contributed by atoms with van der Waals surface area (Å²) in [6.45, 7) is 2.07. The van der Waals surface area contributed by atoms with Crippen molar-refractivity contribution < 1.29 is 0 Å². The maximum atomic E-state index is 5.14. The highest BCUT2D eigenvalue weighted by Crippen LogP contribution is 2.21. The first-order valence-electron chi connectivity index (χ1n) is 4.51. The molecule has 0 unspecified atom stereocenters. The van der Waals surface area contributed by atoms with E-state index >= 15 is 0 Å². The minimum absolute atomic E-state index is 0.285. The Hall–Kier alpha value is -1.13. The van der Waals surface area contributed by atoms with E-state index in [-0.39, 0.29) is 5.66 Å². The molecule has 14 heavy (non-hydrogen) atoms. The summed E-state index contributed by atoms with van der Waals surface area (Å²) in [5.41, 5.74) is 4.17. The predicted molar refractivity (Wildman–Crippen MR) is 60.4 cm³/mol. The van der Waals surface area contributed by atoms with Crippen LogP contribution < -0.4 is 10.7 Å². The average molecular weight is 207 g/mol. The van der Waals surface area contributed by atoms with E-state index in [0.29, 0.717) is 0 Å². The van der Waals surface area contributed by atoms with E-state index in [0.717, 1.165) is 5.11 Å². The molecule has 0 spiro atoms. The van der Waals surface area contributed by atoms with Crippen LogP contribution in [-0.4, -0.2) is 17.2 Å². The molecule has 74 valence electrons. The van der Waals surface area contributed by atoms with Crippen LogP contribution in [0.1, 0.15) is 12.5 Å². The molecule has 2 N–H and O–H groups in total. The lowest BCUT2D eigenvalue weighted by molar-refractivity contribution is 0.266. The van der Waals surface area contributed by atoms with E-state index in [4.69, 9.17) is 12.2 Å².